The van der Waals surface area contributed by atoms with Crippen LogP contribution in [-0.4, -0.2) is 31.2 Å². The lowest BCUT2D eigenvalue weighted by Gasteiger charge is -2.26. The number of methoxy groups -OCH3 is 1. The van der Waals surface area contributed by atoms with Gasteiger partial charge in [0.2, 0.25) is 0 Å². The van der Waals surface area contributed by atoms with Crippen LogP contribution in [0.2, 0.25) is 0 Å². The number of hydrogen-bond donors (Lipinski definition) is 1. The van der Waals surface area contributed by atoms with Gasteiger partial charge in [-0.2, -0.15) is 0 Å². The van der Waals surface area contributed by atoms with Gasteiger partial charge in [-0.1, -0.05) is 6.42 Å². The Bertz CT molecular complexity index is 408. The van der Waals surface area contributed by atoms with Crippen molar-refractivity contribution in [3.05, 3.63) is 23.2 Å². The van der Waals surface area contributed by atoms with E-state index >= 15 is 0 Å². The van der Waals surface area contributed by atoms with Gasteiger partial charge in [-0.3, -0.25) is 0 Å². The molecule has 5 heteroatoms. The number of piperidine rings is 1. The van der Waals surface area contributed by atoms with Crippen molar-refractivity contribution in [2.45, 2.75) is 32.7 Å². The Hall–Kier alpha value is -1.33. The Kier molecular flexibility index (Phi) is 4.38. The van der Waals surface area contributed by atoms with Gasteiger partial charge in [0.1, 0.15) is 17.1 Å². The van der Waals surface area contributed by atoms with Gasteiger partial charge in [-0.25, -0.2) is 15.2 Å². The Morgan fingerprint density at radius 1 is 1.44 bits per heavy atom. The maximum atomic E-state index is 11.4. The first-order chi connectivity index (χ1) is 8.70. The maximum absolute atomic E-state index is 11.4. The fraction of sp³-hybridized carbons (Fsp3) is 0.615. The molecular formula is C13H20N2O3. The molecule has 0 unspecified atom stereocenters. The minimum atomic E-state index is -0.347. The molecule has 1 N–H and O–H groups in total. The quantitative estimate of drug-likeness (QED) is 0.829. The van der Waals surface area contributed by atoms with Crippen LogP contribution in [0.3, 0.4) is 0 Å². The summed E-state index contributed by atoms with van der Waals surface area (Å²) in [5.41, 5.74) is 3.83. The van der Waals surface area contributed by atoms with E-state index in [1.165, 1.54) is 26.4 Å². The van der Waals surface area contributed by atoms with Gasteiger partial charge in [-0.05, 0) is 25.8 Å². The smallest absolute Gasteiger partial charge is 0.341 e. The van der Waals surface area contributed by atoms with Crippen LogP contribution in [0.15, 0.2) is 10.5 Å². The summed E-state index contributed by atoms with van der Waals surface area (Å²) in [4.78, 5) is 11.4. The first-order valence-electron chi connectivity index (χ1n) is 6.37. The SMILES string of the molecule is COC(=O)c1cc(CNN2CCCCC2)oc1C. The summed E-state index contributed by atoms with van der Waals surface area (Å²) in [7, 11) is 1.38. The molecule has 0 radical (unpaired) electrons. The standard InChI is InChI=1S/C13H20N2O3/c1-10-12(13(16)17-2)8-11(18-10)9-14-15-6-4-3-5-7-15/h8,14H,3-7,9H2,1-2H3. The molecule has 0 amide bonds. The second-order valence-corrected chi connectivity index (χ2v) is 4.56. The number of carbonyl (C=O) groups is 1. The summed E-state index contributed by atoms with van der Waals surface area (Å²) < 4.78 is 10.2. The van der Waals surface area contributed by atoms with Gasteiger partial charge in [0.25, 0.3) is 0 Å². The lowest BCUT2D eigenvalue weighted by molar-refractivity contribution is 0.0599. The van der Waals surface area contributed by atoms with Crippen LogP contribution in [0.4, 0.5) is 0 Å². The van der Waals surface area contributed by atoms with E-state index in [1.54, 1.807) is 13.0 Å². The molecule has 100 valence electrons. The lowest BCUT2D eigenvalue weighted by atomic mass is 10.2. The maximum Gasteiger partial charge on any atom is 0.341 e. The van der Waals surface area contributed by atoms with Gasteiger partial charge >= 0.3 is 5.97 Å². The van der Waals surface area contributed by atoms with Crippen molar-refractivity contribution >= 4 is 5.97 Å². The number of rotatable bonds is 4. The summed E-state index contributed by atoms with van der Waals surface area (Å²) in [6, 6.07) is 1.75. The highest BCUT2D eigenvalue weighted by Crippen LogP contribution is 2.16. The number of nitrogens with zero attached hydrogens (tertiary/aromatic N) is 1. The number of nitrogens with one attached hydrogen (secondary N) is 1. The molecule has 0 aromatic carbocycles. The minimum Gasteiger partial charge on any atom is -0.465 e. The number of furan rings is 1. The van der Waals surface area contributed by atoms with Gasteiger partial charge in [0, 0.05) is 13.1 Å². The van der Waals surface area contributed by atoms with Crippen LogP contribution >= 0.6 is 0 Å². The van der Waals surface area contributed by atoms with Gasteiger partial charge < -0.3 is 9.15 Å². The number of esters is 1. The molecular weight excluding hydrogens is 232 g/mol. The number of carbonyl (C=O) groups excluding carboxylic acids is 1. The van der Waals surface area contributed by atoms with Crippen molar-refractivity contribution in [1.82, 2.24) is 10.4 Å². The molecule has 0 saturated carbocycles. The highest BCUT2D eigenvalue weighted by atomic mass is 16.5. The second-order valence-electron chi connectivity index (χ2n) is 4.56. The fourth-order valence-corrected chi connectivity index (χ4v) is 2.19. The van der Waals surface area contributed by atoms with Crippen molar-refractivity contribution < 1.29 is 13.9 Å². The predicted octanol–water partition coefficient (Wildman–Crippen LogP) is 1.87. The molecule has 0 bridgehead atoms. The zero-order valence-corrected chi connectivity index (χ0v) is 11.0. The van der Waals surface area contributed by atoms with E-state index in [4.69, 9.17) is 9.15 Å². The van der Waals surface area contributed by atoms with Crippen molar-refractivity contribution in [2.75, 3.05) is 20.2 Å². The van der Waals surface area contributed by atoms with E-state index in [0.29, 0.717) is 17.9 Å². The number of hydrazine groups is 1. The summed E-state index contributed by atoms with van der Waals surface area (Å²) in [5, 5.41) is 2.21. The van der Waals surface area contributed by atoms with Crippen LogP contribution in [-0.2, 0) is 11.3 Å². The number of aryl methyl sites for hydroxylation is 1. The van der Waals surface area contributed by atoms with Crippen molar-refractivity contribution in [3.63, 3.8) is 0 Å². The summed E-state index contributed by atoms with van der Waals surface area (Å²) in [6.45, 7) is 4.53. The lowest BCUT2D eigenvalue weighted by Crippen LogP contribution is -2.41. The average Bonchev–Trinajstić information content (AvgIpc) is 2.78. The van der Waals surface area contributed by atoms with Crippen LogP contribution in [0.1, 0.15) is 41.1 Å². The van der Waals surface area contributed by atoms with Gasteiger partial charge in [0.05, 0.1) is 13.7 Å². The Labute approximate surface area is 107 Å². The fourth-order valence-electron chi connectivity index (χ4n) is 2.19. The topological polar surface area (TPSA) is 54.7 Å². The molecule has 1 aliphatic rings. The molecule has 2 heterocycles. The Balaban J connectivity index is 1.91. The molecule has 0 aliphatic carbocycles. The average molecular weight is 252 g/mol. The summed E-state index contributed by atoms with van der Waals surface area (Å²) in [6.07, 6.45) is 3.78. The third-order valence-corrected chi connectivity index (χ3v) is 3.21. The highest BCUT2D eigenvalue weighted by molar-refractivity contribution is 5.90. The minimum absolute atomic E-state index is 0.347. The van der Waals surface area contributed by atoms with Crippen LogP contribution in [0, 0.1) is 6.92 Å². The molecule has 1 fully saturated rings. The zero-order chi connectivity index (χ0) is 13.0. The van der Waals surface area contributed by atoms with Gasteiger partial charge in [-0.15, -0.1) is 0 Å². The van der Waals surface area contributed by atoms with Crippen molar-refractivity contribution in [3.8, 4) is 0 Å². The summed E-state index contributed by atoms with van der Waals surface area (Å²) in [5.74, 6) is 1.02. The molecule has 1 aliphatic heterocycles. The van der Waals surface area contributed by atoms with E-state index in [-0.39, 0.29) is 5.97 Å². The number of hydrogen-bond acceptors (Lipinski definition) is 5. The first kappa shape index (κ1) is 13.1. The monoisotopic (exact) mass is 252 g/mol. The van der Waals surface area contributed by atoms with E-state index < -0.39 is 0 Å². The largest absolute Gasteiger partial charge is 0.465 e. The molecule has 18 heavy (non-hydrogen) atoms. The molecule has 5 nitrogen and oxygen atoms in total. The number of ether oxygens (including phenoxy) is 1. The van der Waals surface area contributed by atoms with Crippen LogP contribution in [0.25, 0.3) is 0 Å². The van der Waals surface area contributed by atoms with Crippen molar-refractivity contribution in [2.24, 2.45) is 0 Å². The normalized spacial score (nSPS) is 16.8. The first-order valence-corrected chi connectivity index (χ1v) is 6.37. The van der Waals surface area contributed by atoms with Crippen molar-refractivity contribution in [1.29, 1.82) is 0 Å². The van der Waals surface area contributed by atoms with Crippen LogP contribution < -0.4 is 5.43 Å². The molecule has 1 aromatic heterocycles. The van der Waals surface area contributed by atoms with Gasteiger partial charge in [0.15, 0.2) is 0 Å². The van der Waals surface area contributed by atoms with E-state index in [0.717, 1.165) is 18.8 Å². The molecule has 2 rings (SSSR count). The third-order valence-electron chi connectivity index (χ3n) is 3.21. The zero-order valence-electron chi connectivity index (χ0n) is 11.0. The third kappa shape index (κ3) is 3.11. The molecule has 1 aromatic rings. The predicted molar refractivity (Wildman–Crippen MR) is 67.0 cm³/mol. The summed E-state index contributed by atoms with van der Waals surface area (Å²) >= 11 is 0. The molecule has 1 saturated heterocycles. The Morgan fingerprint density at radius 2 is 2.17 bits per heavy atom. The molecule has 0 spiro atoms. The Morgan fingerprint density at radius 3 is 2.83 bits per heavy atom. The highest BCUT2D eigenvalue weighted by Gasteiger charge is 2.16. The van der Waals surface area contributed by atoms with E-state index in [9.17, 15) is 4.79 Å². The van der Waals surface area contributed by atoms with E-state index in [2.05, 4.69) is 10.4 Å². The van der Waals surface area contributed by atoms with E-state index in [1.807, 2.05) is 0 Å². The second kappa shape index (κ2) is 6.02. The molecule has 0 atom stereocenters. The van der Waals surface area contributed by atoms with Crippen LogP contribution in [0.5, 0.6) is 0 Å².